The smallest absolute Gasteiger partial charge is 0.138 e. The average Bonchev–Trinajstić information content (AvgIpc) is 3.77. The molecule has 0 unspecified atom stereocenters. The lowest BCUT2D eigenvalue weighted by Crippen LogP contribution is -2.02. The van der Waals surface area contributed by atoms with Crippen LogP contribution in [0.1, 0.15) is 22.3 Å². The molecular weight excluding hydrogens is 560 g/mol. The van der Waals surface area contributed by atoms with Crippen molar-refractivity contribution in [2.75, 3.05) is 0 Å². The SMILES string of the molecule is c1ccc2c(c1)c1ccccc1n2-c1ccc(-c2cc3ccc2CCc2ccc(c(-c4ccc(-n5cncn5)cc4)c2)CC3)cc1. The van der Waals surface area contributed by atoms with E-state index >= 15 is 0 Å². The van der Waals surface area contributed by atoms with Crippen LogP contribution in [0.5, 0.6) is 0 Å². The van der Waals surface area contributed by atoms with Gasteiger partial charge in [0.1, 0.15) is 12.7 Å². The molecule has 0 amide bonds. The maximum absolute atomic E-state index is 4.28. The van der Waals surface area contributed by atoms with Crippen LogP contribution < -0.4 is 0 Å². The molecule has 0 saturated heterocycles. The summed E-state index contributed by atoms with van der Waals surface area (Å²) >= 11 is 0. The van der Waals surface area contributed by atoms with Crippen molar-refractivity contribution in [1.82, 2.24) is 19.3 Å². The van der Waals surface area contributed by atoms with E-state index < -0.39 is 0 Å². The molecule has 8 aromatic rings. The van der Waals surface area contributed by atoms with Gasteiger partial charge in [0, 0.05) is 16.5 Å². The first-order valence-electron chi connectivity index (χ1n) is 16.1. The average molecular weight is 593 g/mol. The third-order valence-corrected chi connectivity index (χ3v) is 9.59. The molecule has 12 rings (SSSR count). The van der Waals surface area contributed by atoms with Crippen LogP contribution >= 0.6 is 0 Å². The van der Waals surface area contributed by atoms with Crippen LogP contribution in [0.4, 0.5) is 0 Å². The lowest BCUT2D eigenvalue weighted by molar-refractivity contribution is 0.879. The Morgan fingerprint density at radius 1 is 0.478 bits per heavy atom. The summed E-state index contributed by atoms with van der Waals surface area (Å²) in [7, 11) is 0. The van der Waals surface area contributed by atoms with Crippen molar-refractivity contribution in [2.24, 2.45) is 0 Å². The van der Waals surface area contributed by atoms with E-state index in [9.17, 15) is 0 Å². The highest BCUT2D eigenvalue weighted by Gasteiger charge is 2.15. The topological polar surface area (TPSA) is 35.6 Å². The van der Waals surface area contributed by atoms with E-state index in [1.54, 1.807) is 17.3 Å². The Hall–Kier alpha value is -5.74. The second kappa shape index (κ2) is 11.0. The molecule has 0 saturated carbocycles. The Balaban J connectivity index is 1.04. The number of fused-ring (bicyclic) bond motifs is 3. The van der Waals surface area contributed by atoms with Crippen LogP contribution in [0.2, 0.25) is 0 Å². The first-order chi connectivity index (χ1) is 22.8. The number of hydrogen-bond donors (Lipinski definition) is 0. The van der Waals surface area contributed by atoms with E-state index in [0.29, 0.717) is 0 Å². The molecule has 0 atom stereocenters. The van der Waals surface area contributed by atoms with Gasteiger partial charge in [0.15, 0.2) is 0 Å². The third-order valence-electron chi connectivity index (χ3n) is 9.59. The fraction of sp³-hybridized carbons (Fsp3) is 0.0952. The summed E-state index contributed by atoms with van der Waals surface area (Å²) in [6.07, 6.45) is 7.28. The quantitative estimate of drug-likeness (QED) is 0.204. The van der Waals surface area contributed by atoms with Crippen LogP contribution in [-0.4, -0.2) is 19.3 Å². The number of benzene rings is 6. The van der Waals surface area contributed by atoms with Crippen molar-refractivity contribution in [3.8, 4) is 33.6 Å². The van der Waals surface area contributed by atoms with Gasteiger partial charge in [0.25, 0.3) is 0 Å². The van der Waals surface area contributed by atoms with Gasteiger partial charge in [0.2, 0.25) is 0 Å². The molecule has 4 aliphatic carbocycles. The van der Waals surface area contributed by atoms with Crippen molar-refractivity contribution in [1.29, 1.82) is 0 Å². The Morgan fingerprint density at radius 3 is 1.52 bits per heavy atom. The van der Waals surface area contributed by atoms with Gasteiger partial charge in [-0.3, -0.25) is 0 Å². The minimum absolute atomic E-state index is 0.992. The van der Waals surface area contributed by atoms with Crippen LogP contribution in [0.15, 0.2) is 146 Å². The molecule has 0 spiro atoms. The van der Waals surface area contributed by atoms with Crippen LogP contribution in [0, 0.1) is 0 Å². The van der Waals surface area contributed by atoms with Crippen molar-refractivity contribution in [3.05, 3.63) is 168 Å². The Kier molecular flexibility index (Phi) is 6.38. The molecule has 0 aliphatic heterocycles. The molecular formula is C42H32N4. The van der Waals surface area contributed by atoms with Crippen molar-refractivity contribution in [2.45, 2.75) is 25.7 Å². The molecule has 0 N–H and O–H groups in total. The lowest BCUT2D eigenvalue weighted by atomic mass is 9.87. The summed E-state index contributed by atoms with van der Waals surface area (Å²) in [4.78, 5) is 4.09. The lowest BCUT2D eigenvalue weighted by Gasteiger charge is -2.18. The molecule has 4 heteroatoms. The van der Waals surface area contributed by atoms with Gasteiger partial charge in [-0.05, 0) is 107 Å². The second-order valence-electron chi connectivity index (χ2n) is 12.3. The predicted octanol–water partition coefficient (Wildman–Crippen LogP) is 9.58. The molecule has 6 aromatic carbocycles. The molecule has 4 bridgehead atoms. The van der Waals surface area contributed by atoms with E-state index in [1.165, 1.54) is 72.0 Å². The summed E-state index contributed by atoms with van der Waals surface area (Å²) in [5.41, 5.74) is 15.4. The predicted molar refractivity (Wildman–Crippen MR) is 188 cm³/mol. The standard InChI is InChI=1S/C42H32N4/c1-3-7-41-37(5-1)38-6-2-4-8-42(38)46(41)36-23-19-34(20-24-36)40-26-30-10-14-31-13-9-29(11-15-32(40)16-12-30)25-39(31)33-17-21-35(22-18-33)45-28-43-27-44-45/h1-9,12-13,16-28H,10-11,14-15H2. The number of para-hydroxylation sites is 2. The number of rotatable bonds is 4. The molecule has 2 heterocycles. The molecule has 2 aromatic heterocycles. The summed E-state index contributed by atoms with van der Waals surface area (Å²) < 4.78 is 4.19. The summed E-state index contributed by atoms with van der Waals surface area (Å²) in [6.45, 7) is 0. The molecule has 46 heavy (non-hydrogen) atoms. The minimum atomic E-state index is 0.992. The fourth-order valence-corrected chi connectivity index (χ4v) is 7.22. The number of hydrogen-bond acceptors (Lipinski definition) is 2. The zero-order valence-electron chi connectivity index (χ0n) is 25.5. The zero-order valence-corrected chi connectivity index (χ0v) is 25.5. The summed E-state index contributed by atoms with van der Waals surface area (Å²) in [5, 5.41) is 6.86. The highest BCUT2D eigenvalue weighted by Crippen LogP contribution is 2.35. The zero-order chi connectivity index (χ0) is 30.5. The van der Waals surface area contributed by atoms with Gasteiger partial charge < -0.3 is 4.57 Å². The third kappa shape index (κ3) is 4.62. The number of aromatic nitrogens is 4. The number of aryl methyl sites for hydroxylation is 4. The molecule has 220 valence electrons. The van der Waals surface area contributed by atoms with Crippen LogP contribution in [0.25, 0.3) is 55.4 Å². The van der Waals surface area contributed by atoms with Crippen LogP contribution in [0.3, 0.4) is 0 Å². The van der Waals surface area contributed by atoms with Crippen molar-refractivity contribution < 1.29 is 0 Å². The molecule has 0 radical (unpaired) electrons. The normalized spacial score (nSPS) is 12.9. The largest absolute Gasteiger partial charge is 0.309 e. The van der Waals surface area contributed by atoms with Gasteiger partial charge in [-0.1, -0.05) is 97.1 Å². The second-order valence-corrected chi connectivity index (χ2v) is 12.3. The maximum atomic E-state index is 4.28. The first-order valence-corrected chi connectivity index (χ1v) is 16.1. The Morgan fingerprint density at radius 2 is 1.00 bits per heavy atom. The van der Waals surface area contributed by atoms with Gasteiger partial charge in [-0.15, -0.1) is 0 Å². The Bertz CT molecular complexity index is 2290. The number of nitrogens with zero attached hydrogens (tertiary/aromatic N) is 4. The Labute approximate surface area is 268 Å². The highest BCUT2D eigenvalue weighted by atomic mass is 15.3. The van der Waals surface area contributed by atoms with E-state index in [4.69, 9.17) is 0 Å². The maximum Gasteiger partial charge on any atom is 0.138 e. The molecule has 4 aliphatic rings. The van der Waals surface area contributed by atoms with Crippen LogP contribution in [-0.2, 0) is 25.7 Å². The van der Waals surface area contributed by atoms with Gasteiger partial charge in [-0.25, -0.2) is 9.67 Å². The van der Waals surface area contributed by atoms with Crippen molar-refractivity contribution >= 4 is 21.8 Å². The minimum Gasteiger partial charge on any atom is -0.309 e. The van der Waals surface area contributed by atoms with Gasteiger partial charge in [-0.2, -0.15) is 5.10 Å². The molecule has 0 fully saturated rings. The first kappa shape index (κ1) is 26.6. The molecule has 4 nitrogen and oxygen atoms in total. The summed E-state index contributed by atoms with van der Waals surface area (Å²) in [5.74, 6) is 0. The van der Waals surface area contributed by atoms with E-state index in [-0.39, 0.29) is 0 Å². The van der Waals surface area contributed by atoms with E-state index in [0.717, 1.165) is 31.4 Å². The summed E-state index contributed by atoms with van der Waals surface area (Å²) in [6, 6.07) is 49.5. The van der Waals surface area contributed by atoms with Crippen molar-refractivity contribution in [3.63, 3.8) is 0 Å². The van der Waals surface area contributed by atoms with Gasteiger partial charge >= 0.3 is 0 Å². The van der Waals surface area contributed by atoms with Gasteiger partial charge in [0.05, 0.1) is 16.7 Å². The monoisotopic (exact) mass is 592 g/mol. The van der Waals surface area contributed by atoms with E-state index in [2.05, 4.69) is 148 Å². The highest BCUT2D eigenvalue weighted by molar-refractivity contribution is 6.09. The van der Waals surface area contributed by atoms with E-state index in [1.807, 2.05) is 0 Å². The fourth-order valence-electron chi connectivity index (χ4n) is 7.22.